The summed E-state index contributed by atoms with van der Waals surface area (Å²) in [7, 11) is 4.18. The van der Waals surface area contributed by atoms with Crippen LogP contribution >= 0.6 is 0 Å². The van der Waals surface area contributed by atoms with Crippen LogP contribution in [0, 0.1) is 0 Å². The van der Waals surface area contributed by atoms with Gasteiger partial charge >= 0.3 is 0 Å². The van der Waals surface area contributed by atoms with Gasteiger partial charge in [-0.25, -0.2) is 15.0 Å². The van der Waals surface area contributed by atoms with E-state index in [0.717, 1.165) is 56.1 Å². The molecule has 2 aromatic heterocycles. The molecule has 3 N–H and O–H groups in total. The number of aromatic nitrogens is 4. The number of rotatable bonds is 8. The number of anilines is 3. The van der Waals surface area contributed by atoms with Gasteiger partial charge in [0.25, 0.3) is 0 Å². The van der Waals surface area contributed by atoms with Crippen molar-refractivity contribution >= 4 is 17.7 Å². The highest BCUT2D eigenvalue weighted by Gasteiger charge is 2.16. The Morgan fingerprint density at radius 1 is 1.15 bits per heavy atom. The molecule has 146 valence electrons. The number of hydrogen-bond acceptors (Lipinski definition) is 9. The minimum Gasteiger partial charge on any atom is -0.378 e. The van der Waals surface area contributed by atoms with E-state index in [1.54, 1.807) is 12.4 Å². The van der Waals surface area contributed by atoms with E-state index in [0.29, 0.717) is 19.2 Å². The van der Waals surface area contributed by atoms with E-state index in [9.17, 15) is 0 Å². The SMILES string of the molecule is CN(C)CCCCNc1cc(-c2cnc(N)nc2)nc(N2CCOCC2)n1. The van der Waals surface area contributed by atoms with Crippen molar-refractivity contribution in [2.45, 2.75) is 12.8 Å². The molecule has 0 aliphatic carbocycles. The molecule has 0 aromatic carbocycles. The van der Waals surface area contributed by atoms with Crippen molar-refractivity contribution in [2.75, 3.05) is 69.4 Å². The van der Waals surface area contributed by atoms with Gasteiger partial charge in [0.2, 0.25) is 11.9 Å². The summed E-state index contributed by atoms with van der Waals surface area (Å²) >= 11 is 0. The number of nitrogens with two attached hydrogens (primary N) is 1. The third-order valence-corrected chi connectivity index (χ3v) is 4.31. The summed E-state index contributed by atoms with van der Waals surface area (Å²) in [5, 5.41) is 3.43. The van der Waals surface area contributed by atoms with Crippen LogP contribution in [0.25, 0.3) is 11.3 Å². The quantitative estimate of drug-likeness (QED) is 0.659. The van der Waals surface area contributed by atoms with Crippen molar-refractivity contribution in [1.29, 1.82) is 0 Å². The van der Waals surface area contributed by atoms with Gasteiger partial charge in [-0.3, -0.25) is 0 Å². The lowest BCUT2D eigenvalue weighted by molar-refractivity contribution is 0.122. The molecule has 0 amide bonds. The van der Waals surface area contributed by atoms with Gasteiger partial charge in [-0.2, -0.15) is 4.98 Å². The molecular weight excluding hydrogens is 344 g/mol. The molecule has 0 atom stereocenters. The number of unbranched alkanes of at least 4 members (excludes halogenated alkanes) is 1. The number of hydrogen-bond donors (Lipinski definition) is 2. The molecule has 0 unspecified atom stereocenters. The molecule has 3 heterocycles. The second-order valence-corrected chi connectivity index (χ2v) is 6.80. The molecule has 9 heteroatoms. The van der Waals surface area contributed by atoms with Gasteiger partial charge in [0.05, 0.1) is 18.9 Å². The molecule has 1 fully saturated rings. The molecule has 0 spiro atoms. The largest absolute Gasteiger partial charge is 0.378 e. The lowest BCUT2D eigenvalue weighted by Gasteiger charge is -2.27. The normalized spacial score (nSPS) is 14.6. The molecule has 1 aliphatic heterocycles. The summed E-state index contributed by atoms with van der Waals surface area (Å²) in [4.78, 5) is 21.9. The fraction of sp³-hybridized carbons (Fsp3) is 0.556. The monoisotopic (exact) mass is 372 g/mol. The minimum atomic E-state index is 0.250. The van der Waals surface area contributed by atoms with Gasteiger partial charge in [0.15, 0.2) is 0 Å². The fourth-order valence-corrected chi connectivity index (χ4v) is 2.82. The Balaban J connectivity index is 1.76. The first-order valence-corrected chi connectivity index (χ1v) is 9.30. The Morgan fingerprint density at radius 2 is 1.89 bits per heavy atom. The lowest BCUT2D eigenvalue weighted by Crippen LogP contribution is -2.37. The van der Waals surface area contributed by atoms with E-state index < -0.39 is 0 Å². The molecular formula is C18H28N8O. The van der Waals surface area contributed by atoms with Crippen LogP contribution in [-0.2, 0) is 4.74 Å². The Kier molecular flexibility index (Phi) is 6.72. The first kappa shape index (κ1) is 19.2. The summed E-state index contributed by atoms with van der Waals surface area (Å²) in [6.45, 7) is 4.88. The minimum absolute atomic E-state index is 0.250. The molecule has 0 bridgehead atoms. The van der Waals surface area contributed by atoms with Gasteiger partial charge in [-0.05, 0) is 33.5 Å². The summed E-state index contributed by atoms with van der Waals surface area (Å²) in [6.07, 6.45) is 5.60. The Bertz CT molecular complexity index is 716. The molecule has 2 aromatic rings. The Morgan fingerprint density at radius 3 is 2.59 bits per heavy atom. The van der Waals surface area contributed by atoms with Gasteiger partial charge in [-0.1, -0.05) is 0 Å². The standard InChI is InChI=1S/C18H28N8O/c1-25(2)6-4-3-5-20-16-11-15(14-12-21-17(19)22-13-14)23-18(24-16)26-7-9-27-10-8-26/h11-13H,3-10H2,1-2H3,(H2,19,21,22)(H,20,23,24). The van der Waals surface area contributed by atoms with Crippen molar-refractivity contribution in [1.82, 2.24) is 24.8 Å². The van der Waals surface area contributed by atoms with Crippen LogP contribution in [0.1, 0.15) is 12.8 Å². The van der Waals surface area contributed by atoms with Gasteiger partial charge in [0.1, 0.15) is 5.82 Å². The van der Waals surface area contributed by atoms with Crippen molar-refractivity contribution < 1.29 is 4.74 Å². The predicted octanol–water partition coefficient (Wildman–Crippen LogP) is 1.11. The maximum absolute atomic E-state index is 5.60. The van der Waals surface area contributed by atoms with Crippen LogP contribution in [0.4, 0.5) is 17.7 Å². The van der Waals surface area contributed by atoms with Crippen LogP contribution in [0.5, 0.6) is 0 Å². The maximum Gasteiger partial charge on any atom is 0.228 e. The number of nitrogen functional groups attached to an aromatic ring is 1. The second-order valence-electron chi connectivity index (χ2n) is 6.80. The van der Waals surface area contributed by atoms with Crippen LogP contribution < -0.4 is 16.0 Å². The van der Waals surface area contributed by atoms with E-state index in [2.05, 4.69) is 39.2 Å². The highest BCUT2D eigenvalue weighted by atomic mass is 16.5. The molecule has 1 saturated heterocycles. The summed E-state index contributed by atoms with van der Waals surface area (Å²) < 4.78 is 5.44. The van der Waals surface area contributed by atoms with Gasteiger partial charge < -0.3 is 25.6 Å². The van der Waals surface area contributed by atoms with E-state index in [4.69, 9.17) is 20.4 Å². The maximum atomic E-state index is 5.60. The van der Waals surface area contributed by atoms with E-state index in [1.165, 1.54) is 0 Å². The third kappa shape index (κ3) is 5.73. The summed E-state index contributed by atoms with van der Waals surface area (Å²) in [6, 6.07) is 1.94. The molecule has 9 nitrogen and oxygen atoms in total. The Labute approximate surface area is 160 Å². The molecule has 1 aliphatic rings. The number of nitrogens with zero attached hydrogens (tertiary/aromatic N) is 6. The third-order valence-electron chi connectivity index (χ3n) is 4.31. The topological polar surface area (TPSA) is 105 Å². The van der Waals surface area contributed by atoms with Crippen LogP contribution in [0.2, 0.25) is 0 Å². The number of morpholine rings is 1. The first-order valence-electron chi connectivity index (χ1n) is 9.30. The highest BCUT2D eigenvalue weighted by molar-refractivity contribution is 5.63. The predicted molar refractivity (Wildman–Crippen MR) is 107 cm³/mol. The fourth-order valence-electron chi connectivity index (χ4n) is 2.82. The highest BCUT2D eigenvalue weighted by Crippen LogP contribution is 2.23. The second kappa shape index (κ2) is 9.43. The smallest absolute Gasteiger partial charge is 0.228 e. The van der Waals surface area contributed by atoms with E-state index in [-0.39, 0.29) is 5.95 Å². The van der Waals surface area contributed by atoms with Crippen LogP contribution in [-0.4, -0.2) is 78.3 Å². The molecule has 0 radical (unpaired) electrons. The molecule has 3 rings (SSSR count). The average Bonchev–Trinajstić information content (AvgIpc) is 2.68. The van der Waals surface area contributed by atoms with Gasteiger partial charge in [-0.15, -0.1) is 0 Å². The van der Waals surface area contributed by atoms with Crippen molar-refractivity contribution in [3.05, 3.63) is 18.5 Å². The molecule has 27 heavy (non-hydrogen) atoms. The molecule has 0 saturated carbocycles. The first-order chi connectivity index (χ1) is 13.1. The van der Waals surface area contributed by atoms with E-state index in [1.807, 2.05) is 6.07 Å². The lowest BCUT2D eigenvalue weighted by atomic mass is 10.2. The summed E-state index contributed by atoms with van der Waals surface area (Å²) in [5.74, 6) is 1.76. The summed E-state index contributed by atoms with van der Waals surface area (Å²) in [5.41, 5.74) is 7.20. The Hall–Kier alpha value is -2.52. The van der Waals surface area contributed by atoms with Crippen molar-refractivity contribution in [3.63, 3.8) is 0 Å². The van der Waals surface area contributed by atoms with Gasteiger partial charge in [0, 0.05) is 43.7 Å². The van der Waals surface area contributed by atoms with Crippen molar-refractivity contribution in [2.24, 2.45) is 0 Å². The average molecular weight is 372 g/mol. The number of ether oxygens (including phenoxy) is 1. The van der Waals surface area contributed by atoms with E-state index >= 15 is 0 Å². The zero-order valence-corrected chi connectivity index (χ0v) is 16.1. The van der Waals surface area contributed by atoms with Crippen LogP contribution in [0.15, 0.2) is 18.5 Å². The zero-order valence-electron chi connectivity index (χ0n) is 16.1. The van der Waals surface area contributed by atoms with Crippen molar-refractivity contribution in [3.8, 4) is 11.3 Å². The van der Waals surface area contributed by atoms with Crippen LogP contribution in [0.3, 0.4) is 0 Å². The number of nitrogens with one attached hydrogen (secondary N) is 1. The zero-order chi connectivity index (χ0) is 19.1.